The highest BCUT2D eigenvalue weighted by molar-refractivity contribution is 7.47. The molecule has 11 heteroatoms. The van der Waals surface area contributed by atoms with Gasteiger partial charge in [-0.15, -0.1) is 0 Å². The number of pyridine rings is 1. The molecule has 2 atom stereocenters. The van der Waals surface area contributed by atoms with Crippen molar-refractivity contribution in [2.45, 2.75) is 19.6 Å². The highest BCUT2D eigenvalue weighted by Gasteiger charge is 2.25. The van der Waals surface area contributed by atoms with Crippen LogP contribution in [0.25, 0.3) is 0 Å². The second kappa shape index (κ2) is 7.43. The van der Waals surface area contributed by atoms with Crippen molar-refractivity contribution in [3.8, 4) is 5.75 Å². The number of aromatic hydroxyl groups is 1. The third-order valence-corrected chi connectivity index (χ3v) is 3.52. The van der Waals surface area contributed by atoms with Crippen LogP contribution < -0.4 is 5.73 Å². The molecule has 0 aromatic carbocycles. The molecule has 5 N–H and O–H groups in total. The number of phosphoric acid groups is 1. The zero-order valence-electron chi connectivity index (χ0n) is 11.5. The van der Waals surface area contributed by atoms with Gasteiger partial charge in [0, 0.05) is 11.8 Å². The minimum atomic E-state index is -4.58. The molecule has 0 radical (unpaired) electrons. The molecule has 1 aromatic rings. The van der Waals surface area contributed by atoms with Crippen molar-refractivity contribution >= 4 is 20.1 Å². The molecule has 0 spiro atoms. The maximum absolute atomic E-state index is 11.6. The molecule has 1 aromatic heterocycles. The second-order valence-corrected chi connectivity index (χ2v) is 5.68. The van der Waals surface area contributed by atoms with Gasteiger partial charge in [0.2, 0.25) is 0 Å². The first-order valence-corrected chi connectivity index (χ1v) is 7.40. The van der Waals surface area contributed by atoms with Crippen LogP contribution in [0.15, 0.2) is 6.20 Å². The minimum Gasteiger partial charge on any atom is -0.505 e. The number of hydrogen-bond donors (Lipinski definition) is 4. The van der Waals surface area contributed by atoms with E-state index in [1.54, 1.807) is 0 Å². The topological polar surface area (TPSA) is 169 Å². The van der Waals surface area contributed by atoms with Crippen LogP contribution in [0, 0.1) is 6.92 Å². The van der Waals surface area contributed by atoms with Gasteiger partial charge in [-0.25, -0.2) is 4.57 Å². The number of carboxylic acid groups (broad SMARTS) is 1. The van der Waals surface area contributed by atoms with E-state index in [-0.39, 0.29) is 22.6 Å². The Morgan fingerprint density at radius 3 is 2.73 bits per heavy atom. The maximum atomic E-state index is 11.6. The van der Waals surface area contributed by atoms with Gasteiger partial charge in [0.1, 0.15) is 11.8 Å². The van der Waals surface area contributed by atoms with E-state index in [1.165, 1.54) is 13.1 Å². The van der Waals surface area contributed by atoms with Crippen LogP contribution in [0.4, 0.5) is 0 Å². The van der Waals surface area contributed by atoms with Crippen molar-refractivity contribution in [2.75, 3.05) is 6.61 Å². The molecule has 22 heavy (non-hydrogen) atoms. The summed E-state index contributed by atoms with van der Waals surface area (Å²) in [6, 6.07) is -1.49. The summed E-state index contributed by atoms with van der Waals surface area (Å²) < 4.78 is 20.6. The number of hydrogen-bond acceptors (Lipinski definition) is 8. The lowest BCUT2D eigenvalue weighted by Gasteiger charge is -2.14. The lowest BCUT2D eigenvalue weighted by molar-refractivity contribution is -0.139. The summed E-state index contributed by atoms with van der Waals surface area (Å²) in [6.07, 6.45) is 1.55. The van der Waals surface area contributed by atoms with E-state index in [0.29, 0.717) is 6.29 Å². The molecule has 1 unspecified atom stereocenters. The Labute approximate surface area is 125 Å². The van der Waals surface area contributed by atoms with E-state index in [4.69, 9.17) is 10.8 Å². The molecule has 0 aliphatic carbocycles. The smallest absolute Gasteiger partial charge is 0.472 e. The van der Waals surface area contributed by atoms with Crippen LogP contribution >= 0.6 is 7.82 Å². The summed E-state index contributed by atoms with van der Waals surface area (Å²) >= 11 is 0. The largest absolute Gasteiger partial charge is 0.505 e. The summed E-state index contributed by atoms with van der Waals surface area (Å²) in [5, 5.41) is 18.2. The Morgan fingerprint density at radius 2 is 2.18 bits per heavy atom. The van der Waals surface area contributed by atoms with Crippen LogP contribution in [-0.4, -0.2) is 45.0 Å². The van der Waals surface area contributed by atoms with Crippen LogP contribution in [0.5, 0.6) is 5.75 Å². The number of aliphatic carboxylic acids is 1. The summed E-state index contributed by atoms with van der Waals surface area (Å²) in [4.78, 5) is 34.6. The predicted octanol–water partition coefficient (Wildman–Crippen LogP) is -0.0464. The number of carboxylic acids is 1. The Bertz CT molecular complexity index is 620. The molecular weight excluding hydrogens is 319 g/mol. The average Bonchev–Trinajstić information content (AvgIpc) is 2.46. The Hall–Kier alpha value is -1.84. The number of carbonyl (C=O) groups excluding carboxylic acids is 1. The molecule has 0 bridgehead atoms. The monoisotopic (exact) mass is 334 g/mol. The highest BCUT2D eigenvalue weighted by atomic mass is 31.2. The number of rotatable bonds is 8. The first kappa shape index (κ1) is 18.2. The number of phosphoric ester groups is 1. The highest BCUT2D eigenvalue weighted by Crippen LogP contribution is 2.44. The van der Waals surface area contributed by atoms with E-state index < -0.39 is 33.0 Å². The molecular formula is C11H15N2O8P. The van der Waals surface area contributed by atoms with E-state index in [9.17, 15) is 24.2 Å². The van der Waals surface area contributed by atoms with Gasteiger partial charge in [0.25, 0.3) is 0 Å². The number of aryl methyl sites for hydroxylation is 1. The zero-order valence-corrected chi connectivity index (χ0v) is 12.4. The van der Waals surface area contributed by atoms with Gasteiger partial charge in [-0.2, -0.15) is 0 Å². The first-order chi connectivity index (χ1) is 10.2. The quantitative estimate of drug-likeness (QED) is 0.373. The van der Waals surface area contributed by atoms with Crippen molar-refractivity contribution in [1.29, 1.82) is 0 Å². The SMILES string of the molecule is Cc1ncc(COP(=O)(O)OC[C@H](N)C(=O)O)c(C=O)c1O. The molecule has 0 amide bonds. The van der Waals surface area contributed by atoms with Crippen molar-refractivity contribution in [3.63, 3.8) is 0 Å². The summed E-state index contributed by atoms with van der Waals surface area (Å²) in [5.41, 5.74) is 5.26. The molecule has 0 fully saturated rings. The molecule has 0 aliphatic heterocycles. The molecule has 10 nitrogen and oxygen atoms in total. The van der Waals surface area contributed by atoms with E-state index in [2.05, 4.69) is 14.0 Å². The van der Waals surface area contributed by atoms with Crippen molar-refractivity contribution < 1.29 is 38.3 Å². The first-order valence-electron chi connectivity index (χ1n) is 5.91. The van der Waals surface area contributed by atoms with E-state index >= 15 is 0 Å². The standard InChI is InChI=1S/C11H15N2O8P/c1-6-10(15)8(3-14)7(2-13-6)4-20-22(18,19)21-5-9(12)11(16)17/h2-3,9,15H,4-5,12H2,1H3,(H,16,17)(H,18,19)/t9-/m0/s1. The fraction of sp³-hybridized carbons (Fsp3) is 0.364. The number of aromatic nitrogens is 1. The molecule has 0 saturated heterocycles. The second-order valence-electron chi connectivity index (χ2n) is 4.23. The third-order valence-electron chi connectivity index (χ3n) is 2.59. The maximum Gasteiger partial charge on any atom is 0.472 e. The summed E-state index contributed by atoms with van der Waals surface area (Å²) in [5.74, 6) is -1.77. The van der Waals surface area contributed by atoms with E-state index in [1.807, 2.05) is 0 Å². The van der Waals surface area contributed by atoms with Crippen LogP contribution in [0.2, 0.25) is 0 Å². The number of aldehydes is 1. The third kappa shape index (κ3) is 4.86. The molecule has 0 aliphatic rings. The van der Waals surface area contributed by atoms with Crippen LogP contribution in [-0.2, 0) is 25.0 Å². The van der Waals surface area contributed by atoms with Crippen molar-refractivity contribution in [2.24, 2.45) is 5.73 Å². The Balaban J connectivity index is 2.73. The summed E-state index contributed by atoms with van der Waals surface area (Å²) in [7, 11) is -4.58. The number of nitrogens with zero attached hydrogens (tertiary/aromatic N) is 1. The van der Waals surface area contributed by atoms with Gasteiger partial charge in [-0.3, -0.25) is 23.6 Å². The van der Waals surface area contributed by atoms with Gasteiger partial charge in [-0.1, -0.05) is 0 Å². The number of carbonyl (C=O) groups is 2. The fourth-order valence-corrected chi connectivity index (χ4v) is 2.06. The van der Waals surface area contributed by atoms with Gasteiger partial charge in [0.15, 0.2) is 6.29 Å². The normalized spacial score (nSPS) is 15.0. The Kier molecular flexibility index (Phi) is 6.15. The fourth-order valence-electron chi connectivity index (χ4n) is 1.33. The van der Waals surface area contributed by atoms with Crippen molar-refractivity contribution in [3.05, 3.63) is 23.0 Å². The minimum absolute atomic E-state index is 0.0681. The van der Waals surface area contributed by atoms with Gasteiger partial charge in [0.05, 0.1) is 24.5 Å². The average molecular weight is 334 g/mol. The molecule has 0 saturated carbocycles. The Morgan fingerprint density at radius 1 is 1.55 bits per heavy atom. The zero-order chi connectivity index (χ0) is 16.9. The lowest BCUT2D eigenvalue weighted by Crippen LogP contribution is -2.34. The van der Waals surface area contributed by atoms with Gasteiger partial charge in [-0.05, 0) is 6.92 Å². The molecule has 122 valence electrons. The van der Waals surface area contributed by atoms with Crippen molar-refractivity contribution in [1.82, 2.24) is 4.98 Å². The van der Waals surface area contributed by atoms with E-state index in [0.717, 1.165) is 0 Å². The number of nitrogens with two attached hydrogens (primary N) is 1. The van der Waals surface area contributed by atoms with Crippen LogP contribution in [0.1, 0.15) is 21.6 Å². The van der Waals surface area contributed by atoms with Gasteiger partial charge < -0.3 is 20.8 Å². The predicted molar refractivity (Wildman–Crippen MR) is 72.2 cm³/mol. The summed E-state index contributed by atoms with van der Waals surface area (Å²) in [6.45, 7) is 0.187. The van der Waals surface area contributed by atoms with Gasteiger partial charge >= 0.3 is 13.8 Å². The van der Waals surface area contributed by atoms with Crippen LogP contribution in [0.3, 0.4) is 0 Å². The molecule has 1 heterocycles. The molecule has 1 rings (SSSR count). The lowest BCUT2D eigenvalue weighted by atomic mass is 10.1.